The molecule has 2 rings (SSSR count). The molecule has 0 radical (unpaired) electrons. The van der Waals surface area contributed by atoms with Gasteiger partial charge in [0.1, 0.15) is 0 Å². The highest BCUT2D eigenvalue weighted by Crippen LogP contribution is 2.22. The first-order valence-electron chi connectivity index (χ1n) is 3.84. The lowest BCUT2D eigenvalue weighted by Crippen LogP contribution is -2.01. The van der Waals surface area contributed by atoms with Crippen LogP contribution in [0.15, 0.2) is 24.3 Å². The Hall–Kier alpha value is -1.53. The van der Waals surface area contributed by atoms with Crippen molar-refractivity contribution in [3.05, 3.63) is 24.3 Å². The summed E-state index contributed by atoms with van der Waals surface area (Å²) in [7, 11) is 0. The Balaban J connectivity index is 2.45. The van der Waals surface area contributed by atoms with Crippen molar-refractivity contribution in [2.24, 2.45) is 0 Å². The number of nitrogens with one attached hydrogen (secondary N) is 2. The van der Waals surface area contributed by atoms with Crippen molar-refractivity contribution >= 4 is 27.9 Å². The van der Waals surface area contributed by atoms with Crippen LogP contribution in [0.5, 0.6) is 5.88 Å². The summed E-state index contributed by atoms with van der Waals surface area (Å²) in [4.78, 5) is 2.73. The summed E-state index contributed by atoms with van der Waals surface area (Å²) in [5.41, 5.74) is 1.30. The summed E-state index contributed by atoms with van der Waals surface area (Å²) in [5.74, 6) is 0.0715. The van der Waals surface area contributed by atoms with Gasteiger partial charge in [0.2, 0.25) is 0 Å². The molecule has 0 spiro atoms. The number of aromatic hydroxyl groups is 1. The minimum Gasteiger partial charge on any atom is -0.495 e. The number of hydrogen-bond acceptors (Lipinski definition) is 2. The predicted octanol–water partition coefficient (Wildman–Crippen LogP) is 1.42. The van der Waals surface area contributed by atoms with Crippen molar-refractivity contribution in [2.45, 2.75) is 0 Å². The molecule has 1 heterocycles. The molecule has 74 valence electrons. The van der Waals surface area contributed by atoms with Crippen LogP contribution in [0.1, 0.15) is 0 Å². The van der Waals surface area contributed by atoms with Crippen LogP contribution >= 0.6 is 0 Å². The van der Waals surface area contributed by atoms with Gasteiger partial charge in [0, 0.05) is 22.7 Å². The van der Waals surface area contributed by atoms with E-state index < -0.39 is 11.3 Å². The van der Waals surface area contributed by atoms with E-state index in [2.05, 4.69) is 9.71 Å². The van der Waals surface area contributed by atoms with E-state index in [1.165, 1.54) is 0 Å². The summed E-state index contributed by atoms with van der Waals surface area (Å²) in [5, 5.41) is 9.92. The highest BCUT2D eigenvalue weighted by Gasteiger charge is 2.01. The van der Waals surface area contributed by atoms with Gasteiger partial charge in [-0.2, -0.15) is 0 Å². The Labute approximate surface area is 82.2 Å². The van der Waals surface area contributed by atoms with Gasteiger partial charge in [0.15, 0.2) is 5.88 Å². The zero-order valence-electron chi connectivity index (χ0n) is 7.02. The van der Waals surface area contributed by atoms with E-state index >= 15 is 0 Å². The van der Waals surface area contributed by atoms with E-state index in [0.717, 1.165) is 10.9 Å². The average molecular weight is 212 g/mol. The first kappa shape index (κ1) is 9.04. The summed E-state index contributed by atoms with van der Waals surface area (Å²) >= 11 is -2.08. The van der Waals surface area contributed by atoms with Gasteiger partial charge in [0.25, 0.3) is 11.3 Å². The van der Waals surface area contributed by atoms with Crippen molar-refractivity contribution in [1.82, 2.24) is 4.98 Å². The second-order valence-corrected chi connectivity index (χ2v) is 3.51. The topological polar surface area (TPSA) is 85.4 Å². The van der Waals surface area contributed by atoms with Gasteiger partial charge >= 0.3 is 0 Å². The predicted molar refractivity (Wildman–Crippen MR) is 54.4 cm³/mol. The number of anilines is 1. The highest BCUT2D eigenvalue weighted by atomic mass is 32.2. The standard InChI is InChI=1S/C8H8N2O3S/c11-8-4-5-3-6(10-14(12)13)1-2-7(5)9-8/h1-4,9-11H,(H,12,13). The van der Waals surface area contributed by atoms with E-state index in [9.17, 15) is 4.21 Å². The van der Waals surface area contributed by atoms with E-state index in [0.29, 0.717) is 5.69 Å². The SMILES string of the molecule is O=S(O)Nc1ccc2[nH]c(O)cc2c1. The lowest BCUT2D eigenvalue weighted by molar-refractivity contribution is 0.458. The van der Waals surface area contributed by atoms with Gasteiger partial charge in [-0.15, -0.1) is 0 Å². The van der Waals surface area contributed by atoms with Crippen molar-refractivity contribution in [3.8, 4) is 5.88 Å². The number of rotatable bonds is 2. The number of benzene rings is 1. The Morgan fingerprint density at radius 2 is 2.14 bits per heavy atom. The molecule has 14 heavy (non-hydrogen) atoms. The number of H-pyrrole nitrogens is 1. The number of hydrogen-bond donors (Lipinski definition) is 4. The zero-order valence-corrected chi connectivity index (χ0v) is 7.84. The van der Waals surface area contributed by atoms with Crippen molar-refractivity contribution in [1.29, 1.82) is 0 Å². The van der Waals surface area contributed by atoms with E-state index in [-0.39, 0.29) is 5.88 Å². The van der Waals surface area contributed by atoms with Gasteiger partial charge in [0.05, 0.1) is 0 Å². The van der Waals surface area contributed by atoms with Crippen LogP contribution in [0.2, 0.25) is 0 Å². The molecule has 0 aliphatic heterocycles. The second-order valence-electron chi connectivity index (χ2n) is 2.81. The lowest BCUT2D eigenvalue weighted by Gasteiger charge is -1.99. The third-order valence-electron chi connectivity index (χ3n) is 1.81. The Morgan fingerprint density at radius 3 is 2.86 bits per heavy atom. The molecule has 1 atom stereocenters. The molecule has 4 N–H and O–H groups in total. The smallest absolute Gasteiger partial charge is 0.259 e. The number of aromatic nitrogens is 1. The normalized spacial score (nSPS) is 12.9. The third-order valence-corrected chi connectivity index (χ3v) is 2.22. The molecule has 0 bridgehead atoms. The molecule has 1 aromatic carbocycles. The van der Waals surface area contributed by atoms with E-state index in [1.54, 1.807) is 24.3 Å². The molecule has 5 nitrogen and oxygen atoms in total. The number of fused-ring (bicyclic) bond motifs is 1. The fourth-order valence-corrected chi connectivity index (χ4v) is 1.61. The van der Waals surface area contributed by atoms with Gasteiger partial charge in [-0.25, -0.2) is 4.21 Å². The van der Waals surface area contributed by atoms with Crippen LogP contribution in [-0.4, -0.2) is 18.9 Å². The summed E-state index contributed by atoms with van der Waals surface area (Å²) in [6, 6.07) is 6.57. The Morgan fingerprint density at radius 1 is 1.36 bits per heavy atom. The number of aromatic amines is 1. The largest absolute Gasteiger partial charge is 0.495 e. The van der Waals surface area contributed by atoms with Crippen molar-refractivity contribution < 1.29 is 13.9 Å². The molecule has 0 saturated heterocycles. The quantitative estimate of drug-likeness (QED) is 0.568. The van der Waals surface area contributed by atoms with Crippen LogP contribution in [0.3, 0.4) is 0 Å². The monoisotopic (exact) mass is 212 g/mol. The van der Waals surface area contributed by atoms with Crippen molar-refractivity contribution in [3.63, 3.8) is 0 Å². The second kappa shape index (κ2) is 3.32. The minimum atomic E-state index is -2.08. The maximum Gasteiger partial charge on any atom is 0.259 e. The molecule has 0 aliphatic carbocycles. The van der Waals surface area contributed by atoms with Crippen LogP contribution in [0, 0.1) is 0 Å². The minimum absolute atomic E-state index is 0.0715. The van der Waals surface area contributed by atoms with E-state index in [1.807, 2.05) is 0 Å². The maximum absolute atomic E-state index is 10.5. The van der Waals surface area contributed by atoms with Crippen LogP contribution in [0.4, 0.5) is 5.69 Å². The van der Waals surface area contributed by atoms with Crippen molar-refractivity contribution in [2.75, 3.05) is 4.72 Å². The Bertz CT molecular complexity index is 494. The first-order chi connectivity index (χ1) is 6.65. The maximum atomic E-state index is 10.5. The summed E-state index contributed by atoms with van der Waals surface area (Å²) in [6.45, 7) is 0. The molecule has 2 aromatic rings. The molecule has 0 aliphatic rings. The van der Waals surface area contributed by atoms with Gasteiger partial charge in [-0.3, -0.25) is 9.27 Å². The fraction of sp³-hybridized carbons (Fsp3) is 0. The Kier molecular flexibility index (Phi) is 2.14. The van der Waals surface area contributed by atoms with E-state index in [4.69, 9.17) is 9.66 Å². The third kappa shape index (κ3) is 1.70. The average Bonchev–Trinajstić information content (AvgIpc) is 2.42. The van der Waals surface area contributed by atoms with Gasteiger partial charge < -0.3 is 10.1 Å². The van der Waals surface area contributed by atoms with Gasteiger partial charge in [-0.05, 0) is 18.2 Å². The van der Waals surface area contributed by atoms with Crippen LogP contribution < -0.4 is 4.72 Å². The molecular formula is C8H8N2O3S. The van der Waals surface area contributed by atoms with Gasteiger partial charge in [-0.1, -0.05) is 0 Å². The molecule has 1 aromatic heterocycles. The molecular weight excluding hydrogens is 204 g/mol. The molecule has 6 heteroatoms. The van der Waals surface area contributed by atoms with Crippen LogP contribution in [-0.2, 0) is 11.3 Å². The highest BCUT2D eigenvalue weighted by molar-refractivity contribution is 7.80. The molecule has 1 unspecified atom stereocenters. The summed E-state index contributed by atoms with van der Waals surface area (Å²) in [6.07, 6.45) is 0. The fourth-order valence-electron chi connectivity index (χ4n) is 1.28. The lowest BCUT2D eigenvalue weighted by atomic mass is 10.2. The molecule has 0 fully saturated rings. The summed E-state index contributed by atoms with van der Waals surface area (Å²) < 4.78 is 21.4. The molecule has 0 amide bonds. The zero-order chi connectivity index (χ0) is 10.1. The first-order valence-corrected chi connectivity index (χ1v) is 4.95. The van der Waals surface area contributed by atoms with Crippen LogP contribution in [0.25, 0.3) is 10.9 Å². The molecule has 0 saturated carbocycles.